The van der Waals surface area contributed by atoms with Gasteiger partial charge in [0, 0.05) is 35.5 Å². The van der Waals surface area contributed by atoms with Crippen molar-refractivity contribution in [2.75, 3.05) is 0 Å². The Labute approximate surface area is 145 Å². The van der Waals surface area contributed by atoms with E-state index in [1.54, 1.807) is 18.5 Å². The molecule has 0 saturated carbocycles. The fourth-order valence-corrected chi connectivity index (χ4v) is 2.39. The second kappa shape index (κ2) is 6.16. The van der Waals surface area contributed by atoms with Crippen molar-refractivity contribution in [2.24, 2.45) is 5.41 Å². The fourth-order valence-electron chi connectivity index (χ4n) is 2.39. The SMILES string of the molecule is C[C@@H](NC(=O)C(C)(C)C)c1cc(=O)n2[nH]c(-c3cccnc3)cc2n1. The molecule has 0 unspecified atom stereocenters. The van der Waals surface area contributed by atoms with Gasteiger partial charge in [0.25, 0.3) is 5.56 Å². The molecule has 130 valence electrons. The number of nitrogens with one attached hydrogen (secondary N) is 2. The molecule has 0 bridgehead atoms. The molecule has 0 fully saturated rings. The minimum atomic E-state index is -0.505. The molecule has 3 rings (SSSR count). The van der Waals surface area contributed by atoms with Crippen molar-refractivity contribution < 1.29 is 4.79 Å². The zero-order valence-electron chi connectivity index (χ0n) is 14.7. The van der Waals surface area contributed by atoms with Crippen LogP contribution < -0.4 is 10.9 Å². The van der Waals surface area contributed by atoms with Crippen molar-refractivity contribution in [3.63, 3.8) is 0 Å². The molecule has 7 nitrogen and oxygen atoms in total. The molecule has 0 spiro atoms. The third kappa shape index (κ3) is 3.45. The van der Waals surface area contributed by atoms with Crippen LogP contribution in [-0.4, -0.2) is 25.5 Å². The van der Waals surface area contributed by atoms with E-state index in [1.807, 2.05) is 39.8 Å². The Balaban J connectivity index is 1.96. The summed E-state index contributed by atoms with van der Waals surface area (Å²) in [6, 6.07) is 6.59. The van der Waals surface area contributed by atoms with Gasteiger partial charge in [0.05, 0.1) is 17.4 Å². The van der Waals surface area contributed by atoms with Crippen molar-refractivity contribution in [1.29, 1.82) is 0 Å². The number of carbonyl (C=O) groups is 1. The molecule has 3 aromatic heterocycles. The summed E-state index contributed by atoms with van der Waals surface area (Å²) in [5.41, 5.74) is 1.91. The van der Waals surface area contributed by atoms with Crippen LogP contribution in [-0.2, 0) is 4.79 Å². The quantitative estimate of drug-likeness (QED) is 0.766. The van der Waals surface area contributed by atoms with Gasteiger partial charge >= 0.3 is 0 Å². The molecular formula is C18H21N5O2. The summed E-state index contributed by atoms with van der Waals surface area (Å²) in [7, 11) is 0. The molecule has 0 aromatic carbocycles. The molecule has 25 heavy (non-hydrogen) atoms. The number of pyridine rings is 1. The molecular weight excluding hydrogens is 318 g/mol. The first-order chi connectivity index (χ1) is 11.8. The number of hydrogen-bond acceptors (Lipinski definition) is 4. The predicted molar refractivity (Wildman–Crippen MR) is 95.1 cm³/mol. The minimum absolute atomic E-state index is 0.0906. The van der Waals surface area contributed by atoms with Gasteiger partial charge in [-0.15, -0.1) is 0 Å². The van der Waals surface area contributed by atoms with E-state index in [-0.39, 0.29) is 17.5 Å². The van der Waals surface area contributed by atoms with Crippen LogP contribution in [0.1, 0.15) is 39.4 Å². The molecule has 0 aliphatic carbocycles. The molecule has 7 heteroatoms. The summed E-state index contributed by atoms with van der Waals surface area (Å²) in [5.74, 6) is -0.0906. The largest absolute Gasteiger partial charge is 0.348 e. The highest BCUT2D eigenvalue weighted by Gasteiger charge is 2.24. The maximum absolute atomic E-state index is 12.4. The van der Waals surface area contributed by atoms with Crippen molar-refractivity contribution >= 4 is 11.6 Å². The molecule has 3 aromatic rings. The topological polar surface area (TPSA) is 92.2 Å². The number of amides is 1. The molecule has 1 atom stereocenters. The summed E-state index contributed by atoms with van der Waals surface area (Å²) >= 11 is 0. The van der Waals surface area contributed by atoms with Gasteiger partial charge in [0.2, 0.25) is 5.91 Å². The van der Waals surface area contributed by atoms with Crippen molar-refractivity contribution in [3.8, 4) is 11.3 Å². The van der Waals surface area contributed by atoms with Crippen LogP contribution in [0.3, 0.4) is 0 Å². The summed E-state index contributed by atoms with van der Waals surface area (Å²) in [6.45, 7) is 7.34. The lowest BCUT2D eigenvalue weighted by Gasteiger charge is -2.21. The van der Waals surface area contributed by atoms with E-state index in [2.05, 4.69) is 20.4 Å². The zero-order valence-corrected chi connectivity index (χ0v) is 14.7. The lowest BCUT2D eigenvalue weighted by Crippen LogP contribution is -2.37. The molecule has 0 saturated heterocycles. The smallest absolute Gasteiger partial charge is 0.272 e. The molecule has 0 aliphatic heterocycles. The minimum Gasteiger partial charge on any atom is -0.348 e. The summed E-state index contributed by atoms with van der Waals surface area (Å²) < 4.78 is 1.38. The third-order valence-electron chi connectivity index (χ3n) is 3.92. The van der Waals surface area contributed by atoms with E-state index in [4.69, 9.17) is 0 Å². The number of fused-ring (bicyclic) bond motifs is 1. The molecule has 1 amide bonds. The zero-order chi connectivity index (χ0) is 18.2. The Morgan fingerprint density at radius 2 is 2.08 bits per heavy atom. The highest BCUT2D eigenvalue weighted by molar-refractivity contribution is 5.81. The van der Waals surface area contributed by atoms with Crippen molar-refractivity contribution in [2.45, 2.75) is 33.7 Å². The Bertz CT molecular complexity index is 967. The van der Waals surface area contributed by atoms with Crippen LogP contribution in [0.2, 0.25) is 0 Å². The number of nitrogens with zero attached hydrogens (tertiary/aromatic N) is 3. The maximum Gasteiger partial charge on any atom is 0.272 e. The van der Waals surface area contributed by atoms with Crippen LogP contribution in [0.4, 0.5) is 0 Å². The maximum atomic E-state index is 12.4. The van der Waals surface area contributed by atoms with E-state index in [1.165, 1.54) is 10.6 Å². The van der Waals surface area contributed by atoms with Gasteiger partial charge in [-0.1, -0.05) is 20.8 Å². The first kappa shape index (κ1) is 16.9. The van der Waals surface area contributed by atoms with Gasteiger partial charge in [0.1, 0.15) is 0 Å². The summed E-state index contributed by atoms with van der Waals surface area (Å²) in [6.07, 6.45) is 3.40. The number of aromatic amines is 1. The van der Waals surface area contributed by atoms with Crippen LogP contribution >= 0.6 is 0 Å². The number of H-pyrrole nitrogens is 1. The molecule has 0 aliphatic rings. The van der Waals surface area contributed by atoms with Gasteiger partial charge in [0.15, 0.2) is 5.65 Å². The monoisotopic (exact) mass is 339 g/mol. The van der Waals surface area contributed by atoms with Crippen molar-refractivity contribution in [3.05, 3.63) is 52.7 Å². The number of hydrogen-bond donors (Lipinski definition) is 2. The predicted octanol–water partition coefficient (Wildman–Crippen LogP) is 2.31. The van der Waals surface area contributed by atoms with E-state index < -0.39 is 5.41 Å². The second-order valence-electron chi connectivity index (χ2n) is 7.07. The Hall–Kier alpha value is -2.96. The number of carbonyl (C=O) groups excluding carboxylic acids is 1. The van der Waals surface area contributed by atoms with Crippen LogP contribution in [0.15, 0.2) is 41.5 Å². The normalized spacial score (nSPS) is 13.0. The van der Waals surface area contributed by atoms with Gasteiger partial charge in [-0.3, -0.25) is 19.7 Å². The Morgan fingerprint density at radius 3 is 2.72 bits per heavy atom. The van der Waals surface area contributed by atoms with Crippen LogP contribution in [0, 0.1) is 5.41 Å². The first-order valence-corrected chi connectivity index (χ1v) is 8.10. The van der Waals surface area contributed by atoms with E-state index in [9.17, 15) is 9.59 Å². The van der Waals surface area contributed by atoms with Crippen LogP contribution in [0.25, 0.3) is 16.9 Å². The lowest BCUT2D eigenvalue weighted by molar-refractivity contribution is -0.129. The van der Waals surface area contributed by atoms with Crippen molar-refractivity contribution in [1.82, 2.24) is 24.9 Å². The van der Waals surface area contributed by atoms with E-state index in [0.717, 1.165) is 11.3 Å². The summed E-state index contributed by atoms with van der Waals surface area (Å²) in [5, 5.41) is 5.92. The average Bonchev–Trinajstić information content (AvgIpc) is 2.99. The Morgan fingerprint density at radius 1 is 1.32 bits per heavy atom. The third-order valence-corrected chi connectivity index (χ3v) is 3.92. The van der Waals surface area contributed by atoms with Gasteiger partial charge in [-0.05, 0) is 19.1 Å². The number of rotatable bonds is 3. The van der Waals surface area contributed by atoms with Gasteiger partial charge in [-0.2, -0.15) is 0 Å². The van der Waals surface area contributed by atoms with Gasteiger partial charge in [-0.25, -0.2) is 9.50 Å². The van der Waals surface area contributed by atoms with Gasteiger partial charge < -0.3 is 5.32 Å². The lowest BCUT2D eigenvalue weighted by atomic mass is 9.95. The fraction of sp³-hybridized carbons (Fsp3) is 0.333. The Kier molecular flexibility index (Phi) is 4.16. The highest BCUT2D eigenvalue weighted by atomic mass is 16.2. The second-order valence-corrected chi connectivity index (χ2v) is 7.07. The molecule has 3 heterocycles. The standard InChI is InChI=1S/C18H21N5O2/c1-11(20-17(25)18(2,3)4)13-9-16(24)23-15(21-13)8-14(22-23)12-6-5-7-19-10-12/h5-11,22H,1-4H3,(H,20,25)/t11-/m1/s1. The molecule has 2 N–H and O–H groups in total. The van der Waals surface area contributed by atoms with E-state index in [0.29, 0.717) is 11.3 Å². The van der Waals surface area contributed by atoms with E-state index >= 15 is 0 Å². The number of aromatic nitrogens is 4. The first-order valence-electron chi connectivity index (χ1n) is 8.10. The summed E-state index contributed by atoms with van der Waals surface area (Å²) in [4.78, 5) is 33.1. The average molecular weight is 339 g/mol. The molecule has 0 radical (unpaired) electrons. The highest BCUT2D eigenvalue weighted by Crippen LogP contribution is 2.19. The van der Waals surface area contributed by atoms with Crippen LogP contribution in [0.5, 0.6) is 0 Å².